The second kappa shape index (κ2) is 7.82. The summed E-state index contributed by atoms with van der Waals surface area (Å²) in [5.74, 6) is 3.04. The Morgan fingerprint density at radius 3 is 1.75 bits per heavy atom. The first-order chi connectivity index (χ1) is 9.92. The molecule has 0 spiro atoms. The second-order valence-electron chi connectivity index (χ2n) is 7.77. The van der Waals surface area contributed by atoms with Gasteiger partial charge in [0.25, 0.3) is 0 Å². The van der Waals surface area contributed by atoms with Gasteiger partial charge in [-0.2, -0.15) is 0 Å². The van der Waals surface area contributed by atoms with E-state index in [4.69, 9.17) is 4.74 Å². The molecule has 0 radical (unpaired) electrons. The average Bonchev–Trinajstić information content (AvgIpc) is 2.55. The van der Waals surface area contributed by atoms with Crippen molar-refractivity contribution in [2.45, 2.75) is 96.0 Å². The van der Waals surface area contributed by atoms with Gasteiger partial charge in [-0.3, -0.25) is 0 Å². The maximum absolute atomic E-state index is 6.20. The molecule has 116 valence electrons. The Bertz CT molecular complexity index is 255. The summed E-state index contributed by atoms with van der Waals surface area (Å²) in [7, 11) is 0. The molecular weight excluding hydrogens is 244 g/mol. The van der Waals surface area contributed by atoms with Gasteiger partial charge in [0.05, 0.1) is 6.10 Å². The molecule has 1 nitrogen and oxygen atoms in total. The van der Waals surface area contributed by atoms with Gasteiger partial charge in [-0.15, -0.1) is 0 Å². The fourth-order valence-corrected chi connectivity index (χ4v) is 4.94. The standard InChI is InChI=1S/C19H34O/c1-3-7-17(8-4-1)18-13-11-16(12-14-18)15-20-19-9-5-2-6-10-19/h16-19H,1-15H2. The Hall–Kier alpha value is -0.0400. The number of ether oxygens (including phenoxy) is 1. The van der Waals surface area contributed by atoms with Crippen molar-refractivity contribution in [1.82, 2.24) is 0 Å². The quantitative estimate of drug-likeness (QED) is 0.639. The first kappa shape index (κ1) is 14.9. The maximum atomic E-state index is 6.20. The minimum Gasteiger partial charge on any atom is -0.378 e. The third kappa shape index (κ3) is 4.23. The summed E-state index contributed by atoms with van der Waals surface area (Å²) in [4.78, 5) is 0. The van der Waals surface area contributed by atoms with Crippen molar-refractivity contribution in [3.63, 3.8) is 0 Å². The molecule has 3 aliphatic rings. The highest BCUT2D eigenvalue weighted by atomic mass is 16.5. The molecule has 0 unspecified atom stereocenters. The smallest absolute Gasteiger partial charge is 0.0575 e. The maximum Gasteiger partial charge on any atom is 0.0575 e. The van der Waals surface area contributed by atoms with E-state index in [0.29, 0.717) is 6.10 Å². The molecule has 0 saturated heterocycles. The predicted octanol–water partition coefficient (Wildman–Crippen LogP) is 5.72. The summed E-state index contributed by atoms with van der Waals surface area (Å²) >= 11 is 0. The molecule has 0 bridgehead atoms. The Morgan fingerprint density at radius 1 is 0.550 bits per heavy atom. The van der Waals surface area contributed by atoms with Crippen molar-refractivity contribution in [3.05, 3.63) is 0 Å². The van der Waals surface area contributed by atoms with E-state index < -0.39 is 0 Å². The molecule has 20 heavy (non-hydrogen) atoms. The van der Waals surface area contributed by atoms with Crippen molar-refractivity contribution in [2.24, 2.45) is 17.8 Å². The van der Waals surface area contributed by atoms with E-state index in [0.717, 1.165) is 24.4 Å². The summed E-state index contributed by atoms with van der Waals surface area (Å²) in [5, 5.41) is 0. The zero-order valence-corrected chi connectivity index (χ0v) is 13.3. The molecule has 3 rings (SSSR count). The summed E-state index contributed by atoms with van der Waals surface area (Å²) in [6.07, 6.45) is 21.0. The monoisotopic (exact) mass is 278 g/mol. The highest BCUT2D eigenvalue weighted by molar-refractivity contribution is 4.80. The largest absolute Gasteiger partial charge is 0.378 e. The second-order valence-corrected chi connectivity index (χ2v) is 7.77. The molecule has 0 amide bonds. The van der Waals surface area contributed by atoms with Crippen molar-refractivity contribution in [1.29, 1.82) is 0 Å². The van der Waals surface area contributed by atoms with Crippen molar-refractivity contribution >= 4 is 0 Å². The molecule has 1 heteroatoms. The topological polar surface area (TPSA) is 9.23 Å². The fourth-order valence-electron chi connectivity index (χ4n) is 4.94. The van der Waals surface area contributed by atoms with Gasteiger partial charge in [0.2, 0.25) is 0 Å². The van der Waals surface area contributed by atoms with Crippen LogP contribution in [0.3, 0.4) is 0 Å². The van der Waals surface area contributed by atoms with Crippen LogP contribution >= 0.6 is 0 Å². The minimum absolute atomic E-state index is 0.611. The lowest BCUT2D eigenvalue weighted by Crippen LogP contribution is -2.27. The summed E-state index contributed by atoms with van der Waals surface area (Å²) in [6.45, 7) is 1.07. The normalized spacial score (nSPS) is 34.2. The fraction of sp³-hybridized carbons (Fsp3) is 1.00. The van der Waals surface area contributed by atoms with Crippen molar-refractivity contribution in [2.75, 3.05) is 6.61 Å². The van der Waals surface area contributed by atoms with Gasteiger partial charge in [-0.1, -0.05) is 51.4 Å². The van der Waals surface area contributed by atoms with E-state index in [1.807, 2.05) is 0 Å². The van der Waals surface area contributed by atoms with Crippen LogP contribution in [0.5, 0.6) is 0 Å². The van der Waals surface area contributed by atoms with Gasteiger partial charge in [-0.25, -0.2) is 0 Å². The number of hydrogen-bond donors (Lipinski definition) is 0. The van der Waals surface area contributed by atoms with Crippen LogP contribution in [-0.4, -0.2) is 12.7 Å². The van der Waals surface area contributed by atoms with Gasteiger partial charge in [0, 0.05) is 6.61 Å². The van der Waals surface area contributed by atoms with Crippen LogP contribution in [0.1, 0.15) is 89.9 Å². The molecule has 0 atom stereocenters. The van der Waals surface area contributed by atoms with E-state index in [1.165, 1.54) is 89.9 Å². The molecule has 0 N–H and O–H groups in total. The Kier molecular flexibility index (Phi) is 5.82. The van der Waals surface area contributed by atoms with Crippen LogP contribution < -0.4 is 0 Å². The first-order valence-corrected chi connectivity index (χ1v) is 9.53. The van der Waals surface area contributed by atoms with Gasteiger partial charge >= 0.3 is 0 Å². The van der Waals surface area contributed by atoms with Crippen molar-refractivity contribution in [3.8, 4) is 0 Å². The van der Waals surface area contributed by atoms with Crippen LogP contribution in [0.4, 0.5) is 0 Å². The number of rotatable bonds is 4. The molecule has 0 heterocycles. The van der Waals surface area contributed by atoms with Crippen molar-refractivity contribution < 1.29 is 4.74 Å². The molecule has 0 aromatic heterocycles. The van der Waals surface area contributed by atoms with E-state index in [2.05, 4.69) is 0 Å². The van der Waals surface area contributed by atoms with Gasteiger partial charge < -0.3 is 4.74 Å². The molecule has 3 fully saturated rings. The van der Waals surface area contributed by atoms with E-state index in [9.17, 15) is 0 Å². The zero-order chi connectivity index (χ0) is 13.6. The van der Waals surface area contributed by atoms with E-state index >= 15 is 0 Å². The third-order valence-electron chi connectivity index (χ3n) is 6.33. The highest BCUT2D eigenvalue weighted by Gasteiger charge is 2.29. The van der Waals surface area contributed by atoms with Crippen LogP contribution in [-0.2, 0) is 4.74 Å². The lowest BCUT2D eigenvalue weighted by molar-refractivity contribution is -0.00470. The molecule has 0 aliphatic heterocycles. The third-order valence-corrected chi connectivity index (χ3v) is 6.33. The lowest BCUT2D eigenvalue weighted by Gasteiger charge is -2.36. The van der Waals surface area contributed by atoms with Crippen LogP contribution in [0.15, 0.2) is 0 Å². The zero-order valence-electron chi connectivity index (χ0n) is 13.3. The molecule has 3 aliphatic carbocycles. The van der Waals surface area contributed by atoms with Gasteiger partial charge in [0.15, 0.2) is 0 Å². The SMILES string of the molecule is C1CCC(OCC2CCC(C3CCCCC3)CC2)CC1. The Balaban J connectivity index is 1.33. The minimum atomic E-state index is 0.611. The number of hydrogen-bond acceptors (Lipinski definition) is 1. The van der Waals surface area contributed by atoms with Crippen LogP contribution in [0.25, 0.3) is 0 Å². The average molecular weight is 278 g/mol. The molecular formula is C19H34O. The van der Waals surface area contributed by atoms with Gasteiger partial charge in [-0.05, 0) is 56.3 Å². The molecule has 0 aromatic rings. The summed E-state index contributed by atoms with van der Waals surface area (Å²) < 4.78 is 6.20. The van der Waals surface area contributed by atoms with Gasteiger partial charge in [0.1, 0.15) is 0 Å². The first-order valence-electron chi connectivity index (χ1n) is 9.53. The Labute approximate surface area is 125 Å². The highest BCUT2D eigenvalue weighted by Crippen LogP contribution is 2.40. The Morgan fingerprint density at radius 2 is 1.10 bits per heavy atom. The predicted molar refractivity (Wildman–Crippen MR) is 84.8 cm³/mol. The summed E-state index contributed by atoms with van der Waals surface area (Å²) in [6, 6.07) is 0. The lowest BCUT2D eigenvalue weighted by atomic mass is 9.71. The van der Waals surface area contributed by atoms with E-state index in [1.54, 1.807) is 0 Å². The molecule has 0 aromatic carbocycles. The van der Waals surface area contributed by atoms with E-state index in [-0.39, 0.29) is 0 Å². The van der Waals surface area contributed by atoms with Crippen LogP contribution in [0.2, 0.25) is 0 Å². The molecule has 3 saturated carbocycles. The van der Waals surface area contributed by atoms with Crippen LogP contribution in [0, 0.1) is 17.8 Å². The summed E-state index contributed by atoms with van der Waals surface area (Å²) in [5.41, 5.74) is 0.